The molecule has 1 aliphatic rings. The second-order valence-corrected chi connectivity index (χ2v) is 4.96. The van der Waals surface area contributed by atoms with Crippen molar-refractivity contribution in [1.29, 1.82) is 0 Å². The van der Waals surface area contributed by atoms with Gasteiger partial charge in [0, 0.05) is 11.6 Å². The lowest BCUT2D eigenvalue weighted by Gasteiger charge is -2.26. The number of hydrogen-bond acceptors (Lipinski definition) is 3. The largest absolute Gasteiger partial charge is 0.490 e. The third-order valence-electron chi connectivity index (χ3n) is 3.52. The molecule has 4 heteroatoms. The lowest BCUT2D eigenvalue weighted by Crippen LogP contribution is -2.21. The van der Waals surface area contributed by atoms with Crippen LogP contribution in [-0.2, 0) is 11.2 Å². The summed E-state index contributed by atoms with van der Waals surface area (Å²) in [4.78, 5) is 10.7. The number of aldehydes is 1. The molecule has 2 aromatic rings. The minimum atomic E-state index is -0.487. The number of carbonyl (C=O) groups is 1. The molecule has 0 saturated carbocycles. The molecular weight excluding hydrogens is 271 g/mol. The SMILES string of the molecule is O=Cc1cc(F)cc(OCC2OCCc3ccccc32)c1. The Morgan fingerprint density at radius 3 is 3.00 bits per heavy atom. The second kappa shape index (κ2) is 6.06. The monoisotopic (exact) mass is 286 g/mol. The van der Waals surface area contributed by atoms with Crippen molar-refractivity contribution in [1.82, 2.24) is 0 Å². The Morgan fingerprint density at radius 2 is 2.14 bits per heavy atom. The van der Waals surface area contributed by atoms with Crippen molar-refractivity contribution in [2.24, 2.45) is 0 Å². The van der Waals surface area contributed by atoms with Gasteiger partial charge in [-0.1, -0.05) is 24.3 Å². The summed E-state index contributed by atoms with van der Waals surface area (Å²) in [7, 11) is 0. The van der Waals surface area contributed by atoms with Crippen LogP contribution >= 0.6 is 0 Å². The number of ether oxygens (including phenoxy) is 2. The van der Waals surface area contributed by atoms with Gasteiger partial charge in [0.25, 0.3) is 0 Å². The van der Waals surface area contributed by atoms with Crippen molar-refractivity contribution in [2.45, 2.75) is 12.5 Å². The molecule has 1 unspecified atom stereocenters. The number of carbonyl (C=O) groups excluding carboxylic acids is 1. The molecular formula is C17H15FO3. The highest BCUT2D eigenvalue weighted by Crippen LogP contribution is 2.28. The average molecular weight is 286 g/mol. The van der Waals surface area contributed by atoms with Crippen molar-refractivity contribution in [2.75, 3.05) is 13.2 Å². The van der Waals surface area contributed by atoms with Crippen LogP contribution in [0.25, 0.3) is 0 Å². The van der Waals surface area contributed by atoms with Gasteiger partial charge in [-0.2, -0.15) is 0 Å². The van der Waals surface area contributed by atoms with Crippen molar-refractivity contribution >= 4 is 6.29 Å². The molecule has 0 aliphatic carbocycles. The van der Waals surface area contributed by atoms with Gasteiger partial charge in [-0.25, -0.2) is 4.39 Å². The van der Waals surface area contributed by atoms with Crippen LogP contribution in [0.5, 0.6) is 5.75 Å². The molecule has 2 aromatic carbocycles. The predicted octanol–water partition coefficient (Wildman–Crippen LogP) is 3.33. The van der Waals surface area contributed by atoms with E-state index in [1.807, 2.05) is 18.2 Å². The van der Waals surface area contributed by atoms with Crippen LogP contribution in [-0.4, -0.2) is 19.5 Å². The molecule has 3 nitrogen and oxygen atoms in total. The third-order valence-corrected chi connectivity index (χ3v) is 3.52. The highest BCUT2D eigenvalue weighted by Gasteiger charge is 2.21. The molecule has 1 heterocycles. The van der Waals surface area contributed by atoms with Crippen molar-refractivity contribution in [3.05, 3.63) is 65.0 Å². The zero-order valence-electron chi connectivity index (χ0n) is 11.4. The van der Waals surface area contributed by atoms with Gasteiger partial charge in [-0.05, 0) is 29.7 Å². The normalized spacial score (nSPS) is 17.1. The van der Waals surface area contributed by atoms with Crippen LogP contribution in [0.3, 0.4) is 0 Å². The van der Waals surface area contributed by atoms with Crippen LogP contribution in [0.4, 0.5) is 4.39 Å². The molecule has 3 rings (SSSR count). The molecule has 0 amide bonds. The van der Waals surface area contributed by atoms with E-state index in [9.17, 15) is 9.18 Å². The molecule has 0 radical (unpaired) electrons. The molecule has 108 valence electrons. The van der Waals surface area contributed by atoms with Gasteiger partial charge in [0.05, 0.1) is 6.61 Å². The Morgan fingerprint density at radius 1 is 1.29 bits per heavy atom. The quantitative estimate of drug-likeness (QED) is 0.809. The molecule has 0 fully saturated rings. The lowest BCUT2D eigenvalue weighted by atomic mass is 9.98. The van der Waals surface area contributed by atoms with Gasteiger partial charge in [-0.15, -0.1) is 0 Å². The fourth-order valence-corrected chi connectivity index (χ4v) is 2.52. The van der Waals surface area contributed by atoms with Crippen molar-refractivity contribution in [3.63, 3.8) is 0 Å². The number of benzene rings is 2. The summed E-state index contributed by atoms with van der Waals surface area (Å²) >= 11 is 0. The lowest BCUT2D eigenvalue weighted by molar-refractivity contribution is 0.0101. The minimum Gasteiger partial charge on any atom is -0.490 e. The van der Waals surface area contributed by atoms with E-state index in [-0.39, 0.29) is 11.7 Å². The molecule has 21 heavy (non-hydrogen) atoms. The van der Waals surface area contributed by atoms with E-state index in [2.05, 4.69) is 6.07 Å². The molecule has 0 saturated heterocycles. The van der Waals surface area contributed by atoms with Gasteiger partial charge < -0.3 is 9.47 Å². The summed E-state index contributed by atoms with van der Waals surface area (Å²) in [6.45, 7) is 0.937. The maximum atomic E-state index is 13.3. The maximum Gasteiger partial charge on any atom is 0.150 e. The van der Waals surface area contributed by atoms with E-state index in [0.29, 0.717) is 25.2 Å². The zero-order valence-corrected chi connectivity index (χ0v) is 11.4. The summed E-state index contributed by atoms with van der Waals surface area (Å²) in [5.41, 5.74) is 2.62. The first-order chi connectivity index (χ1) is 10.3. The molecule has 0 N–H and O–H groups in total. The van der Waals surface area contributed by atoms with Gasteiger partial charge in [0.2, 0.25) is 0 Å². The Hall–Kier alpha value is -2.20. The van der Waals surface area contributed by atoms with Gasteiger partial charge >= 0.3 is 0 Å². The molecule has 1 atom stereocenters. The molecule has 0 bridgehead atoms. The summed E-state index contributed by atoms with van der Waals surface area (Å²) in [6, 6.07) is 12.0. The zero-order chi connectivity index (χ0) is 14.7. The number of hydrogen-bond donors (Lipinski definition) is 0. The van der Waals surface area contributed by atoms with Crippen LogP contribution < -0.4 is 4.74 Å². The Kier molecular flexibility index (Phi) is 3.97. The van der Waals surface area contributed by atoms with E-state index < -0.39 is 5.82 Å². The first kappa shape index (κ1) is 13.8. The van der Waals surface area contributed by atoms with Gasteiger partial charge in [-0.3, -0.25) is 4.79 Å². The maximum absolute atomic E-state index is 13.3. The fraction of sp³-hybridized carbons (Fsp3) is 0.235. The standard InChI is InChI=1S/C17H15FO3/c18-14-7-12(10-19)8-15(9-14)21-11-17-16-4-2-1-3-13(16)5-6-20-17/h1-4,7-10,17H,5-6,11H2. The first-order valence-electron chi connectivity index (χ1n) is 6.84. The van der Waals surface area contributed by atoms with Crippen LogP contribution in [0, 0.1) is 5.82 Å². The summed E-state index contributed by atoms with van der Waals surface area (Å²) in [5.74, 6) is -0.150. The Bertz CT molecular complexity index is 654. The summed E-state index contributed by atoms with van der Waals surface area (Å²) < 4.78 is 24.7. The molecule has 0 spiro atoms. The summed E-state index contributed by atoms with van der Waals surface area (Å²) in [6.07, 6.45) is 1.32. The Labute approximate surface area is 122 Å². The van der Waals surface area contributed by atoms with E-state index in [1.54, 1.807) is 0 Å². The topological polar surface area (TPSA) is 35.5 Å². The third kappa shape index (κ3) is 3.11. The van der Waals surface area contributed by atoms with Crippen LogP contribution in [0.15, 0.2) is 42.5 Å². The number of rotatable bonds is 4. The summed E-state index contributed by atoms with van der Waals surface area (Å²) in [5, 5.41) is 0. The van der Waals surface area contributed by atoms with Gasteiger partial charge in [0.15, 0.2) is 0 Å². The molecule has 0 aromatic heterocycles. The van der Waals surface area contributed by atoms with Gasteiger partial charge in [0.1, 0.15) is 30.6 Å². The molecule has 1 aliphatic heterocycles. The fourth-order valence-electron chi connectivity index (χ4n) is 2.52. The van der Waals surface area contributed by atoms with E-state index in [0.717, 1.165) is 12.0 Å². The van der Waals surface area contributed by atoms with E-state index >= 15 is 0 Å². The first-order valence-corrected chi connectivity index (χ1v) is 6.84. The minimum absolute atomic E-state index is 0.169. The van der Waals surface area contributed by atoms with Crippen LogP contribution in [0.2, 0.25) is 0 Å². The van der Waals surface area contributed by atoms with Crippen molar-refractivity contribution < 1.29 is 18.7 Å². The smallest absolute Gasteiger partial charge is 0.150 e. The highest BCUT2D eigenvalue weighted by atomic mass is 19.1. The number of halogens is 1. The van der Waals surface area contributed by atoms with Crippen LogP contribution in [0.1, 0.15) is 27.6 Å². The number of fused-ring (bicyclic) bond motifs is 1. The highest BCUT2D eigenvalue weighted by molar-refractivity contribution is 5.75. The average Bonchev–Trinajstić information content (AvgIpc) is 2.52. The predicted molar refractivity (Wildman–Crippen MR) is 76.1 cm³/mol. The van der Waals surface area contributed by atoms with E-state index in [1.165, 1.54) is 23.8 Å². The Balaban J connectivity index is 1.74. The second-order valence-electron chi connectivity index (χ2n) is 4.96. The van der Waals surface area contributed by atoms with Crippen molar-refractivity contribution in [3.8, 4) is 5.75 Å². The van der Waals surface area contributed by atoms with E-state index in [4.69, 9.17) is 9.47 Å².